The Hall–Kier alpha value is -1.04. The fourth-order valence-corrected chi connectivity index (χ4v) is 2.60. The van der Waals surface area contributed by atoms with Crippen LogP contribution in [0.25, 0.3) is 0 Å². The number of hydrogen-bond acceptors (Lipinski definition) is 4. The standard InChI is InChI=1S/C14H22N2O2S/c1-10-6-11(13(15)17)4-5-12(10)7-16-8-14(2,18)9-19-3/h4-6,16,18H,7-9H2,1-3H3,(H2,15,17). The number of thioether (sulfide) groups is 1. The van der Waals surface area contributed by atoms with E-state index >= 15 is 0 Å². The summed E-state index contributed by atoms with van der Waals surface area (Å²) in [4.78, 5) is 11.1. The highest BCUT2D eigenvalue weighted by Crippen LogP contribution is 2.12. The number of aliphatic hydroxyl groups is 1. The molecule has 0 aliphatic heterocycles. The molecule has 5 heteroatoms. The van der Waals surface area contributed by atoms with Crippen molar-refractivity contribution in [2.24, 2.45) is 5.73 Å². The van der Waals surface area contributed by atoms with Gasteiger partial charge in [0.25, 0.3) is 0 Å². The maximum atomic E-state index is 11.1. The molecule has 1 aromatic rings. The molecule has 0 spiro atoms. The Bertz CT molecular complexity index is 447. The summed E-state index contributed by atoms with van der Waals surface area (Å²) in [5, 5.41) is 13.3. The van der Waals surface area contributed by atoms with Crippen molar-refractivity contribution >= 4 is 17.7 Å². The molecule has 0 saturated carbocycles. The van der Waals surface area contributed by atoms with Crippen molar-refractivity contribution in [1.29, 1.82) is 0 Å². The lowest BCUT2D eigenvalue weighted by Crippen LogP contribution is -2.39. The van der Waals surface area contributed by atoms with Crippen LogP contribution in [0.4, 0.5) is 0 Å². The van der Waals surface area contributed by atoms with Crippen LogP contribution in [0.3, 0.4) is 0 Å². The number of primary amides is 1. The van der Waals surface area contributed by atoms with Crippen molar-refractivity contribution in [3.8, 4) is 0 Å². The van der Waals surface area contributed by atoms with E-state index in [4.69, 9.17) is 5.73 Å². The number of rotatable bonds is 7. The van der Waals surface area contributed by atoms with Crippen LogP contribution in [0.2, 0.25) is 0 Å². The zero-order chi connectivity index (χ0) is 14.5. The zero-order valence-corrected chi connectivity index (χ0v) is 12.5. The van der Waals surface area contributed by atoms with Gasteiger partial charge in [-0.25, -0.2) is 0 Å². The Morgan fingerprint density at radius 1 is 1.53 bits per heavy atom. The van der Waals surface area contributed by atoms with Crippen LogP contribution in [0.1, 0.15) is 28.4 Å². The number of benzene rings is 1. The highest BCUT2D eigenvalue weighted by molar-refractivity contribution is 7.98. The monoisotopic (exact) mass is 282 g/mol. The molecule has 0 fully saturated rings. The quantitative estimate of drug-likeness (QED) is 0.704. The summed E-state index contributed by atoms with van der Waals surface area (Å²) in [7, 11) is 0. The highest BCUT2D eigenvalue weighted by Gasteiger charge is 2.18. The second-order valence-electron chi connectivity index (χ2n) is 5.04. The summed E-state index contributed by atoms with van der Waals surface area (Å²) in [5.74, 6) is 0.282. The van der Waals surface area contributed by atoms with E-state index in [1.165, 1.54) is 0 Å². The normalized spacial score (nSPS) is 14.1. The average Bonchev–Trinajstić information content (AvgIpc) is 2.30. The van der Waals surface area contributed by atoms with Gasteiger partial charge in [-0.3, -0.25) is 4.79 Å². The van der Waals surface area contributed by atoms with Crippen LogP contribution >= 0.6 is 11.8 Å². The van der Waals surface area contributed by atoms with E-state index in [1.54, 1.807) is 23.9 Å². The van der Waals surface area contributed by atoms with Gasteiger partial charge in [-0.1, -0.05) is 6.07 Å². The summed E-state index contributed by atoms with van der Waals surface area (Å²) in [6, 6.07) is 5.41. The second kappa shape index (κ2) is 6.93. The smallest absolute Gasteiger partial charge is 0.248 e. The Kier molecular flexibility index (Phi) is 5.85. The molecule has 1 unspecified atom stereocenters. The van der Waals surface area contributed by atoms with Crippen molar-refractivity contribution in [2.45, 2.75) is 26.0 Å². The first-order valence-corrected chi connectivity index (χ1v) is 7.56. The van der Waals surface area contributed by atoms with Crippen LogP contribution in [-0.2, 0) is 6.54 Å². The predicted molar refractivity (Wildman–Crippen MR) is 80.4 cm³/mol. The lowest BCUT2D eigenvalue weighted by molar-refractivity contribution is 0.0845. The average molecular weight is 282 g/mol. The zero-order valence-electron chi connectivity index (χ0n) is 11.7. The van der Waals surface area contributed by atoms with Gasteiger partial charge < -0.3 is 16.2 Å². The summed E-state index contributed by atoms with van der Waals surface area (Å²) in [6.07, 6.45) is 1.97. The lowest BCUT2D eigenvalue weighted by Gasteiger charge is -2.22. The minimum atomic E-state index is -0.708. The molecule has 0 aromatic heterocycles. The molecule has 106 valence electrons. The fraction of sp³-hybridized carbons (Fsp3) is 0.500. The topological polar surface area (TPSA) is 75.3 Å². The van der Waals surface area contributed by atoms with Gasteiger partial charge in [0.2, 0.25) is 5.91 Å². The summed E-state index contributed by atoms with van der Waals surface area (Å²) < 4.78 is 0. The predicted octanol–water partition coefficient (Wildman–Crippen LogP) is 1.30. The molecule has 1 atom stereocenters. The molecule has 1 rings (SSSR count). The number of amides is 1. The second-order valence-corrected chi connectivity index (χ2v) is 5.91. The molecule has 0 heterocycles. The molecule has 19 heavy (non-hydrogen) atoms. The van der Waals surface area contributed by atoms with Gasteiger partial charge in [-0.2, -0.15) is 11.8 Å². The van der Waals surface area contributed by atoms with Crippen LogP contribution in [0, 0.1) is 6.92 Å². The van der Waals surface area contributed by atoms with Crippen LogP contribution < -0.4 is 11.1 Å². The molecular formula is C14H22N2O2S. The van der Waals surface area contributed by atoms with Gasteiger partial charge in [-0.05, 0) is 43.4 Å². The first-order chi connectivity index (χ1) is 8.85. The van der Waals surface area contributed by atoms with Crippen molar-refractivity contribution in [3.05, 3.63) is 34.9 Å². The van der Waals surface area contributed by atoms with Crippen LogP contribution in [-0.4, -0.2) is 35.2 Å². The van der Waals surface area contributed by atoms with Crippen molar-refractivity contribution < 1.29 is 9.90 Å². The Morgan fingerprint density at radius 2 is 2.21 bits per heavy atom. The van der Waals surface area contributed by atoms with Crippen molar-refractivity contribution in [3.63, 3.8) is 0 Å². The third-order valence-corrected chi connectivity index (χ3v) is 3.81. The summed E-state index contributed by atoms with van der Waals surface area (Å²) >= 11 is 1.62. The Morgan fingerprint density at radius 3 is 2.74 bits per heavy atom. The van der Waals surface area contributed by atoms with Gasteiger partial charge in [-0.15, -0.1) is 0 Å². The molecule has 1 amide bonds. The Balaban J connectivity index is 2.57. The van der Waals surface area contributed by atoms with Crippen molar-refractivity contribution in [1.82, 2.24) is 5.32 Å². The Labute approximate surface area is 118 Å². The van der Waals surface area contributed by atoms with Gasteiger partial charge in [0.15, 0.2) is 0 Å². The number of hydrogen-bond donors (Lipinski definition) is 3. The van der Waals surface area contributed by atoms with Gasteiger partial charge >= 0.3 is 0 Å². The van der Waals surface area contributed by atoms with Crippen molar-refractivity contribution in [2.75, 3.05) is 18.6 Å². The molecule has 1 aromatic carbocycles. The van der Waals surface area contributed by atoms with E-state index in [2.05, 4.69) is 5.32 Å². The van der Waals surface area contributed by atoms with E-state index < -0.39 is 11.5 Å². The molecule has 0 radical (unpaired) electrons. The summed E-state index contributed by atoms with van der Waals surface area (Å²) in [5.41, 5.74) is 7.17. The highest BCUT2D eigenvalue weighted by atomic mass is 32.2. The van der Waals surface area contributed by atoms with Crippen LogP contribution in [0.15, 0.2) is 18.2 Å². The molecular weight excluding hydrogens is 260 g/mol. The minimum absolute atomic E-state index is 0.412. The molecule has 0 bridgehead atoms. The largest absolute Gasteiger partial charge is 0.388 e. The molecule has 0 saturated heterocycles. The number of aryl methyl sites for hydroxylation is 1. The van der Waals surface area contributed by atoms with Gasteiger partial charge in [0.05, 0.1) is 5.60 Å². The SMILES string of the molecule is CSCC(C)(O)CNCc1ccc(C(N)=O)cc1C. The molecule has 0 aliphatic carbocycles. The third-order valence-electron chi connectivity index (χ3n) is 2.90. The van der Waals surface area contributed by atoms with Gasteiger partial charge in [0, 0.05) is 24.4 Å². The third kappa shape index (κ3) is 5.22. The molecule has 4 nitrogen and oxygen atoms in total. The number of carbonyl (C=O) groups is 1. The number of nitrogens with two attached hydrogens (primary N) is 1. The summed E-state index contributed by atoms with van der Waals surface area (Å²) in [6.45, 7) is 4.96. The number of nitrogens with one attached hydrogen (secondary N) is 1. The lowest BCUT2D eigenvalue weighted by atomic mass is 10.0. The van der Waals surface area contributed by atoms with Gasteiger partial charge in [0.1, 0.15) is 0 Å². The first-order valence-electron chi connectivity index (χ1n) is 6.17. The van der Waals surface area contributed by atoms with E-state index in [9.17, 15) is 9.90 Å². The van der Waals surface area contributed by atoms with E-state index in [-0.39, 0.29) is 0 Å². The maximum absolute atomic E-state index is 11.1. The molecule has 0 aliphatic rings. The van der Waals surface area contributed by atoms with E-state index in [0.29, 0.717) is 24.4 Å². The fourth-order valence-electron chi connectivity index (χ4n) is 1.88. The maximum Gasteiger partial charge on any atom is 0.248 e. The van der Waals surface area contributed by atoms with Crippen LogP contribution in [0.5, 0.6) is 0 Å². The molecule has 4 N–H and O–H groups in total. The first kappa shape index (κ1) is 16.0. The minimum Gasteiger partial charge on any atom is -0.388 e. The van der Waals surface area contributed by atoms with E-state index in [1.807, 2.05) is 26.2 Å². The van der Waals surface area contributed by atoms with E-state index in [0.717, 1.165) is 11.1 Å². The number of carbonyl (C=O) groups excluding carboxylic acids is 1.